The number of benzene rings is 1. The molecule has 0 fully saturated rings. The molecule has 0 radical (unpaired) electrons. The minimum Gasteiger partial charge on any atom is -0.480 e. The lowest BCUT2D eigenvalue weighted by Crippen LogP contribution is -2.52. The van der Waals surface area contributed by atoms with Crippen LogP contribution in [0.5, 0.6) is 0 Å². The lowest BCUT2D eigenvalue weighted by Gasteiger charge is -2.32. The van der Waals surface area contributed by atoms with Gasteiger partial charge in [0.2, 0.25) is 5.91 Å². The van der Waals surface area contributed by atoms with E-state index in [0.717, 1.165) is 27.2 Å². The molecule has 0 spiro atoms. The van der Waals surface area contributed by atoms with Crippen LogP contribution in [-0.4, -0.2) is 45.0 Å². The van der Waals surface area contributed by atoms with E-state index in [2.05, 4.69) is 0 Å². The summed E-state index contributed by atoms with van der Waals surface area (Å²) in [6.07, 6.45) is 0.0739. The molecule has 0 saturated carbocycles. The maximum atomic E-state index is 11.8. The van der Waals surface area contributed by atoms with Crippen LogP contribution in [0.2, 0.25) is 0 Å². The predicted octanol–water partition coefficient (Wildman–Crippen LogP) is 1.93. The number of aliphatic carboxylic acids is 2. The van der Waals surface area contributed by atoms with Gasteiger partial charge in [-0.05, 0) is 44.4 Å². The summed E-state index contributed by atoms with van der Waals surface area (Å²) < 4.78 is 0. The van der Waals surface area contributed by atoms with Crippen molar-refractivity contribution >= 4 is 17.8 Å². The van der Waals surface area contributed by atoms with E-state index >= 15 is 0 Å². The first-order valence-electron chi connectivity index (χ1n) is 7.37. The highest BCUT2D eigenvalue weighted by Gasteiger charge is 2.35. The Hall–Kier alpha value is -2.37. The average molecular weight is 321 g/mol. The molecule has 0 aliphatic heterocycles. The predicted molar refractivity (Wildman–Crippen MR) is 85.4 cm³/mol. The number of hydrogen-bond acceptors (Lipinski definition) is 3. The highest BCUT2D eigenvalue weighted by molar-refractivity contribution is 5.87. The maximum absolute atomic E-state index is 11.8. The summed E-state index contributed by atoms with van der Waals surface area (Å²) in [6, 6.07) is 1.46. The second-order valence-corrected chi connectivity index (χ2v) is 5.88. The standard InChI is InChI=1S/C17H23NO5/c1-9-6-10(2)14(11(3)7-9)8-15(17(22)23)18(13(5)19)12(4)16(20)21/h6-7,12,15H,8H2,1-5H3,(H,20,21)(H,22,23)/t12?,15-/m0/s1. The van der Waals surface area contributed by atoms with Gasteiger partial charge >= 0.3 is 11.9 Å². The zero-order valence-electron chi connectivity index (χ0n) is 14.1. The van der Waals surface area contributed by atoms with Crippen LogP contribution in [0.15, 0.2) is 12.1 Å². The number of carbonyl (C=O) groups is 3. The van der Waals surface area contributed by atoms with Gasteiger partial charge in [0.25, 0.3) is 0 Å². The van der Waals surface area contributed by atoms with Crippen molar-refractivity contribution in [2.24, 2.45) is 0 Å². The van der Waals surface area contributed by atoms with Crippen LogP contribution in [0.1, 0.15) is 36.1 Å². The molecule has 2 N–H and O–H groups in total. The molecular formula is C17H23NO5. The van der Waals surface area contributed by atoms with Crippen molar-refractivity contribution in [1.82, 2.24) is 4.90 Å². The van der Waals surface area contributed by atoms with Crippen LogP contribution in [-0.2, 0) is 20.8 Å². The Morgan fingerprint density at radius 1 is 1.04 bits per heavy atom. The van der Waals surface area contributed by atoms with Crippen LogP contribution >= 0.6 is 0 Å². The summed E-state index contributed by atoms with van der Waals surface area (Å²) in [6.45, 7) is 8.21. The summed E-state index contributed by atoms with van der Waals surface area (Å²) in [5.74, 6) is -3.02. The fourth-order valence-corrected chi connectivity index (χ4v) is 2.91. The Balaban J connectivity index is 3.29. The van der Waals surface area contributed by atoms with E-state index in [1.54, 1.807) is 0 Å². The minimum absolute atomic E-state index is 0.0739. The highest BCUT2D eigenvalue weighted by Crippen LogP contribution is 2.21. The summed E-state index contributed by atoms with van der Waals surface area (Å²) >= 11 is 0. The van der Waals surface area contributed by atoms with E-state index in [9.17, 15) is 19.5 Å². The van der Waals surface area contributed by atoms with Crippen molar-refractivity contribution in [2.75, 3.05) is 0 Å². The number of hydrogen-bond donors (Lipinski definition) is 2. The Labute approximate surface area is 135 Å². The summed E-state index contributed by atoms with van der Waals surface area (Å²) in [5.41, 5.74) is 3.75. The van der Waals surface area contributed by atoms with Gasteiger partial charge < -0.3 is 15.1 Å². The number of rotatable bonds is 6. The van der Waals surface area contributed by atoms with Crippen molar-refractivity contribution in [1.29, 1.82) is 0 Å². The molecule has 0 aliphatic carbocycles. The number of carbonyl (C=O) groups excluding carboxylic acids is 1. The van der Waals surface area contributed by atoms with Crippen LogP contribution in [0, 0.1) is 20.8 Å². The number of carboxylic acid groups (broad SMARTS) is 2. The maximum Gasteiger partial charge on any atom is 0.326 e. The van der Waals surface area contributed by atoms with Crippen LogP contribution in [0.25, 0.3) is 0 Å². The normalized spacial score (nSPS) is 13.3. The first-order chi connectivity index (χ1) is 10.6. The fraction of sp³-hybridized carbons (Fsp3) is 0.471. The number of aryl methyl sites for hydroxylation is 3. The van der Waals surface area contributed by atoms with Gasteiger partial charge in [-0.3, -0.25) is 4.79 Å². The Kier molecular flexibility index (Phi) is 5.90. The molecule has 0 bridgehead atoms. The topological polar surface area (TPSA) is 94.9 Å². The van der Waals surface area contributed by atoms with E-state index in [0.29, 0.717) is 0 Å². The Morgan fingerprint density at radius 2 is 1.52 bits per heavy atom. The van der Waals surface area contributed by atoms with Crippen molar-refractivity contribution in [3.63, 3.8) is 0 Å². The van der Waals surface area contributed by atoms with Gasteiger partial charge in [-0.2, -0.15) is 0 Å². The first kappa shape index (κ1) is 18.7. The van der Waals surface area contributed by atoms with Crippen LogP contribution < -0.4 is 0 Å². The molecule has 0 saturated heterocycles. The molecule has 1 unspecified atom stereocenters. The lowest BCUT2D eigenvalue weighted by molar-refractivity contribution is -0.157. The van der Waals surface area contributed by atoms with E-state index in [4.69, 9.17) is 5.11 Å². The zero-order chi connectivity index (χ0) is 17.9. The molecule has 0 aliphatic rings. The third-order valence-corrected chi connectivity index (χ3v) is 4.00. The molecule has 1 amide bonds. The summed E-state index contributed by atoms with van der Waals surface area (Å²) in [5, 5.41) is 18.7. The van der Waals surface area contributed by atoms with Gasteiger partial charge in [-0.15, -0.1) is 0 Å². The van der Waals surface area contributed by atoms with E-state index in [-0.39, 0.29) is 6.42 Å². The summed E-state index contributed by atoms with van der Waals surface area (Å²) in [7, 11) is 0. The van der Waals surface area contributed by atoms with Crippen molar-refractivity contribution in [2.45, 2.75) is 53.1 Å². The molecule has 1 rings (SSSR count). The Bertz CT molecular complexity index is 615. The lowest BCUT2D eigenvalue weighted by atomic mass is 9.93. The second-order valence-electron chi connectivity index (χ2n) is 5.88. The van der Waals surface area contributed by atoms with Crippen molar-refractivity contribution < 1.29 is 24.6 Å². The quantitative estimate of drug-likeness (QED) is 0.835. The molecule has 2 atom stereocenters. The largest absolute Gasteiger partial charge is 0.480 e. The molecule has 23 heavy (non-hydrogen) atoms. The molecule has 1 aromatic rings. The molecule has 6 nitrogen and oxygen atoms in total. The number of amides is 1. The van der Waals surface area contributed by atoms with Gasteiger partial charge in [0, 0.05) is 13.3 Å². The van der Waals surface area contributed by atoms with Crippen LogP contribution in [0.4, 0.5) is 0 Å². The molecule has 6 heteroatoms. The average Bonchev–Trinajstić information content (AvgIpc) is 2.39. The smallest absolute Gasteiger partial charge is 0.326 e. The monoisotopic (exact) mass is 321 g/mol. The van der Waals surface area contributed by atoms with E-state index in [1.807, 2.05) is 32.9 Å². The van der Waals surface area contributed by atoms with Crippen molar-refractivity contribution in [3.8, 4) is 0 Å². The van der Waals surface area contributed by atoms with Gasteiger partial charge in [0.05, 0.1) is 0 Å². The second kappa shape index (κ2) is 7.26. The molecular weight excluding hydrogens is 298 g/mol. The minimum atomic E-state index is -1.23. The van der Waals surface area contributed by atoms with Gasteiger partial charge in [-0.25, -0.2) is 9.59 Å². The van der Waals surface area contributed by atoms with E-state index < -0.39 is 29.9 Å². The SMILES string of the molecule is CC(=O)N(C(C)C(=O)O)[C@@H](Cc1c(C)cc(C)cc1C)C(=O)O. The van der Waals surface area contributed by atoms with E-state index in [1.165, 1.54) is 13.8 Å². The fourth-order valence-electron chi connectivity index (χ4n) is 2.91. The van der Waals surface area contributed by atoms with Crippen LogP contribution in [0.3, 0.4) is 0 Å². The van der Waals surface area contributed by atoms with Gasteiger partial charge in [0.1, 0.15) is 12.1 Å². The molecule has 126 valence electrons. The first-order valence-corrected chi connectivity index (χ1v) is 7.37. The zero-order valence-corrected chi connectivity index (χ0v) is 14.1. The third kappa shape index (κ3) is 4.31. The van der Waals surface area contributed by atoms with Crippen molar-refractivity contribution in [3.05, 3.63) is 34.4 Å². The van der Waals surface area contributed by atoms with Gasteiger partial charge in [-0.1, -0.05) is 17.7 Å². The Morgan fingerprint density at radius 3 is 1.87 bits per heavy atom. The molecule has 0 aromatic heterocycles. The highest BCUT2D eigenvalue weighted by atomic mass is 16.4. The van der Waals surface area contributed by atoms with Gasteiger partial charge in [0.15, 0.2) is 0 Å². The molecule has 0 heterocycles. The number of carboxylic acids is 2. The molecule has 1 aromatic carbocycles. The number of nitrogens with zero attached hydrogens (tertiary/aromatic N) is 1. The summed E-state index contributed by atoms with van der Waals surface area (Å²) in [4.78, 5) is 35.7. The third-order valence-electron chi connectivity index (χ3n) is 4.00.